The number of aliphatic imine (C=N–C) groups is 1. The Morgan fingerprint density at radius 2 is 2.40 bits per heavy atom. The summed E-state index contributed by atoms with van der Waals surface area (Å²) in [6.45, 7) is 3.36. The predicted octanol–water partition coefficient (Wildman–Crippen LogP) is 0.850. The Labute approximate surface area is 59.0 Å². The second-order valence-electron chi connectivity index (χ2n) is 1.33. The van der Waals surface area contributed by atoms with E-state index in [1.54, 1.807) is 0 Å². The Morgan fingerprint density at radius 3 is 2.80 bits per heavy atom. The topological polar surface area (TPSA) is 53.2 Å². The molecule has 0 spiro atoms. The van der Waals surface area contributed by atoms with Crippen LogP contribution in [0.5, 0.6) is 0 Å². The minimum Gasteiger partial charge on any atom is -0.297 e. The van der Waals surface area contributed by atoms with Gasteiger partial charge in [0.1, 0.15) is 6.07 Å². The number of nitrogens with zero attached hydrogens (tertiary/aromatic N) is 2. The molecule has 0 aliphatic carbocycles. The van der Waals surface area contributed by atoms with Crippen LogP contribution in [-0.2, 0) is 4.79 Å². The molecule has 0 radical (unpaired) electrons. The lowest BCUT2D eigenvalue weighted by molar-refractivity contribution is -0.102. The molecule has 0 aliphatic rings. The second-order valence-corrected chi connectivity index (χ2v) is 1.33. The number of carbonyl (C=O) groups is 1. The van der Waals surface area contributed by atoms with Gasteiger partial charge in [0.05, 0.1) is 11.8 Å². The molecular weight excluding hydrogens is 128 g/mol. The van der Waals surface area contributed by atoms with E-state index in [0.29, 0.717) is 11.9 Å². The fraction of sp³-hybridized carbons (Fsp3) is 0. The highest BCUT2D eigenvalue weighted by Crippen LogP contribution is 1.90. The van der Waals surface area contributed by atoms with Crippen LogP contribution >= 0.6 is 0 Å². The fourth-order valence-electron chi connectivity index (χ4n) is 0.286. The molecule has 50 valence electrons. The third kappa shape index (κ3) is 3.33. The van der Waals surface area contributed by atoms with Crippen molar-refractivity contribution in [2.75, 3.05) is 0 Å². The Morgan fingerprint density at radius 1 is 1.70 bits per heavy atom. The normalized spacial score (nSPS) is 10.9. The van der Waals surface area contributed by atoms with E-state index >= 15 is 0 Å². The average molecular weight is 134 g/mol. The molecule has 0 heterocycles. The summed E-state index contributed by atoms with van der Waals surface area (Å²) in [5.41, 5.74) is 0.332. The van der Waals surface area contributed by atoms with Gasteiger partial charge >= 0.3 is 0 Å². The van der Waals surface area contributed by atoms with Crippen molar-refractivity contribution in [3.63, 3.8) is 0 Å². The number of aldehydes is 1. The van der Waals surface area contributed by atoms with E-state index in [0.717, 1.165) is 6.21 Å². The summed E-state index contributed by atoms with van der Waals surface area (Å²) in [4.78, 5) is 13.2. The Kier molecular flexibility index (Phi) is 4.53. The van der Waals surface area contributed by atoms with Crippen LogP contribution in [0.3, 0.4) is 0 Å². The highest BCUT2D eigenvalue weighted by molar-refractivity contribution is 6.13. The molecule has 0 N–H and O–H groups in total. The first kappa shape index (κ1) is 8.31. The van der Waals surface area contributed by atoms with E-state index in [-0.39, 0.29) is 0 Å². The van der Waals surface area contributed by atoms with Crippen molar-refractivity contribution in [1.29, 1.82) is 5.26 Å². The van der Waals surface area contributed by atoms with E-state index in [2.05, 4.69) is 11.6 Å². The summed E-state index contributed by atoms with van der Waals surface area (Å²) in [7, 11) is 0. The smallest absolute Gasteiger partial charge is 0.161 e. The highest BCUT2D eigenvalue weighted by atomic mass is 16.1. The quantitative estimate of drug-likeness (QED) is 0.248. The summed E-state index contributed by atoms with van der Waals surface area (Å²) in [5, 5.41) is 8.27. The molecule has 0 aliphatic heterocycles. The summed E-state index contributed by atoms with van der Waals surface area (Å²) in [5.74, 6) is 0. The zero-order valence-electron chi connectivity index (χ0n) is 5.32. The van der Waals surface area contributed by atoms with Gasteiger partial charge in [-0.3, -0.25) is 9.79 Å². The third-order valence-corrected chi connectivity index (χ3v) is 0.710. The first-order valence-corrected chi connectivity index (χ1v) is 2.54. The van der Waals surface area contributed by atoms with E-state index in [9.17, 15) is 4.79 Å². The van der Waals surface area contributed by atoms with Crippen molar-refractivity contribution in [1.82, 2.24) is 0 Å². The van der Waals surface area contributed by atoms with Crippen LogP contribution in [0.1, 0.15) is 0 Å². The largest absolute Gasteiger partial charge is 0.297 e. The number of hydrogen-bond acceptors (Lipinski definition) is 3. The van der Waals surface area contributed by atoms with Crippen LogP contribution in [0.25, 0.3) is 0 Å². The molecule has 0 atom stereocenters. The molecule has 0 unspecified atom stereocenters. The Bertz CT molecular complexity index is 220. The van der Waals surface area contributed by atoms with E-state index < -0.39 is 0 Å². The fourth-order valence-corrected chi connectivity index (χ4v) is 0.286. The SMILES string of the molecule is C=C/C(C#N)=C\N=CC=O. The van der Waals surface area contributed by atoms with Crippen molar-refractivity contribution in [3.05, 3.63) is 24.4 Å². The lowest BCUT2D eigenvalue weighted by Crippen LogP contribution is -1.71. The lowest BCUT2D eigenvalue weighted by atomic mass is 10.3. The van der Waals surface area contributed by atoms with Gasteiger partial charge in [0.2, 0.25) is 0 Å². The molecule has 0 amide bonds. The molecule has 0 fully saturated rings. The Hall–Kier alpha value is -1.69. The van der Waals surface area contributed by atoms with Gasteiger partial charge in [-0.15, -0.1) is 0 Å². The number of nitriles is 1. The van der Waals surface area contributed by atoms with Gasteiger partial charge in [-0.25, -0.2) is 0 Å². The summed E-state index contributed by atoms with van der Waals surface area (Å²) < 4.78 is 0. The maximum Gasteiger partial charge on any atom is 0.161 e. The molecule has 0 aromatic carbocycles. The summed E-state index contributed by atoms with van der Waals surface area (Å²) in [6, 6.07) is 1.82. The third-order valence-electron chi connectivity index (χ3n) is 0.710. The van der Waals surface area contributed by atoms with Gasteiger partial charge in [0.25, 0.3) is 0 Å². The van der Waals surface area contributed by atoms with E-state index in [1.165, 1.54) is 12.3 Å². The molecule has 0 saturated heterocycles. The van der Waals surface area contributed by atoms with Crippen molar-refractivity contribution in [2.45, 2.75) is 0 Å². The minimum absolute atomic E-state index is 0.332. The van der Waals surface area contributed by atoms with Gasteiger partial charge in [-0.05, 0) is 0 Å². The zero-order chi connectivity index (χ0) is 7.82. The predicted molar refractivity (Wildman–Crippen MR) is 38.4 cm³/mol. The average Bonchev–Trinajstić information content (AvgIpc) is 1.99. The zero-order valence-corrected chi connectivity index (χ0v) is 5.32. The van der Waals surface area contributed by atoms with Gasteiger partial charge in [-0.1, -0.05) is 12.7 Å². The molecule has 0 aromatic heterocycles. The summed E-state index contributed by atoms with van der Waals surface area (Å²) in [6.07, 6.45) is 4.22. The summed E-state index contributed by atoms with van der Waals surface area (Å²) >= 11 is 0. The standard InChI is InChI=1S/C7H6N2O/c1-2-7(5-8)6-9-3-4-10/h2-4,6H,1H2/b7-6+,9-3?. The molecule has 0 rings (SSSR count). The van der Waals surface area contributed by atoms with Crippen LogP contribution < -0.4 is 0 Å². The maximum atomic E-state index is 9.68. The van der Waals surface area contributed by atoms with Crippen LogP contribution in [0.15, 0.2) is 29.4 Å². The first-order chi connectivity index (χ1) is 4.85. The van der Waals surface area contributed by atoms with Crippen LogP contribution in [-0.4, -0.2) is 12.5 Å². The molecule has 0 saturated carbocycles. The molecule has 0 bridgehead atoms. The molecule has 10 heavy (non-hydrogen) atoms. The van der Waals surface area contributed by atoms with Gasteiger partial charge in [0, 0.05) is 6.20 Å². The molecule has 3 nitrogen and oxygen atoms in total. The van der Waals surface area contributed by atoms with Crippen LogP contribution in [0.4, 0.5) is 0 Å². The van der Waals surface area contributed by atoms with E-state index in [4.69, 9.17) is 5.26 Å². The Balaban J connectivity index is 4.15. The van der Waals surface area contributed by atoms with Crippen molar-refractivity contribution in [3.8, 4) is 6.07 Å². The van der Waals surface area contributed by atoms with Crippen molar-refractivity contribution in [2.24, 2.45) is 4.99 Å². The number of hydrogen-bond donors (Lipinski definition) is 0. The van der Waals surface area contributed by atoms with E-state index in [1.807, 2.05) is 6.07 Å². The number of carbonyl (C=O) groups excluding carboxylic acids is 1. The van der Waals surface area contributed by atoms with Crippen LogP contribution in [0, 0.1) is 11.3 Å². The van der Waals surface area contributed by atoms with Gasteiger partial charge < -0.3 is 0 Å². The van der Waals surface area contributed by atoms with Gasteiger partial charge in [0.15, 0.2) is 6.29 Å². The number of allylic oxidation sites excluding steroid dienone is 2. The maximum absolute atomic E-state index is 9.68. The minimum atomic E-state index is 0.332. The van der Waals surface area contributed by atoms with Crippen molar-refractivity contribution < 1.29 is 4.79 Å². The number of rotatable bonds is 3. The monoisotopic (exact) mass is 134 g/mol. The van der Waals surface area contributed by atoms with Gasteiger partial charge in [-0.2, -0.15) is 5.26 Å². The molecule has 3 heteroatoms. The lowest BCUT2D eigenvalue weighted by Gasteiger charge is -1.78. The second kappa shape index (κ2) is 5.45. The first-order valence-electron chi connectivity index (χ1n) is 2.54. The van der Waals surface area contributed by atoms with Crippen molar-refractivity contribution >= 4 is 12.5 Å². The molecule has 0 aromatic rings. The van der Waals surface area contributed by atoms with Crippen LogP contribution in [0.2, 0.25) is 0 Å². The molecular formula is C7H6N2O. The highest BCUT2D eigenvalue weighted by Gasteiger charge is 1.80.